The van der Waals surface area contributed by atoms with Gasteiger partial charge in [-0.15, -0.1) is 0 Å². The maximum atomic E-state index is 13.3. The Morgan fingerprint density at radius 1 is 1.09 bits per heavy atom. The number of fused-ring (bicyclic) bond motifs is 1. The molecule has 2 aromatic carbocycles. The summed E-state index contributed by atoms with van der Waals surface area (Å²) in [6, 6.07) is 8.10. The second-order valence-corrected chi connectivity index (χ2v) is 11.1. The van der Waals surface area contributed by atoms with Crippen molar-refractivity contribution < 1.29 is 27.5 Å². The van der Waals surface area contributed by atoms with E-state index in [2.05, 4.69) is 0 Å². The Hall–Kier alpha value is -3.17. The van der Waals surface area contributed by atoms with E-state index in [9.17, 15) is 23.1 Å². The van der Waals surface area contributed by atoms with Gasteiger partial charge < -0.3 is 14.3 Å². The van der Waals surface area contributed by atoms with Crippen LogP contribution in [0.4, 0.5) is 0 Å². The van der Waals surface area contributed by atoms with Gasteiger partial charge in [0, 0.05) is 35.7 Å². The number of piperidine rings is 1. The first kappa shape index (κ1) is 24.9. The highest BCUT2D eigenvalue weighted by molar-refractivity contribution is 7.89. The number of phenols is 1. The Labute approximate surface area is 204 Å². The number of sulfonamides is 1. The van der Waals surface area contributed by atoms with Crippen molar-refractivity contribution >= 4 is 27.0 Å². The number of hydrogen-bond donors (Lipinski definition) is 1. The molecule has 1 aromatic heterocycles. The van der Waals surface area contributed by atoms with E-state index in [-0.39, 0.29) is 31.0 Å². The average molecular weight is 500 g/mol. The lowest BCUT2D eigenvalue weighted by Gasteiger charge is -2.31. The minimum absolute atomic E-state index is 0.00697. The van der Waals surface area contributed by atoms with Crippen LogP contribution >= 0.6 is 0 Å². The lowest BCUT2D eigenvalue weighted by atomic mass is 9.98. The number of phenolic OH excluding ortho intramolecular Hbond substituents is 1. The molecule has 0 radical (unpaired) electrons. The first-order valence-electron chi connectivity index (χ1n) is 11.5. The van der Waals surface area contributed by atoms with Crippen LogP contribution in [0.5, 0.6) is 5.75 Å². The van der Waals surface area contributed by atoms with Crippen LogP contribution in [0.15, 0.2) is 44.4 Å². The molecule has 0 bridgehead atoms. The molecule has 0 atom stereocenters. The molecular weight excluding hydrogens is 470 g/mol. The number of ether oxygens (including phenoxy) is 1. The molecule has 9 heteroatoms. The number of esters is 1. The van der Waals surface area contributed by atoms with Gasteiger partial charge in [-0.2, -0.15) is 4.31 Å². The molecule has 0 unspecified atom stereocenters. The van der Waals surface area contributed by atoms with Crippen molar-refractivity contribution in [2.45, 2.75) is 52.0 Å². The number of carbonyl (C=O) groups is 1. The zero-order chi connectivity index (χ0) is 25.5. The third-order valence-electron chi connectivity index (χ3n) is 6.58. The van der Waals surface area contributed by atoms with E-state index in [1.165, 1.54) is 16.4 Å². The predicted octanol–water partition coefficient (Wildman–Crippen LogP) is 3.88. The molecule has 1 N–H and O–H groups in total. The molecule has 1 aliphatic heterocycles. The van der Waals surface area contributed by atoms with Crippen LogP contribution in [0.2, 0.25) is 0 Å². The van der Waals surface area contributed by atoms with Crippen molar-refractivity contribution in [3.05, 3.63) is 68.6 Å². The van der Waals surface area contributed by atoms with Crippen LogP contribution in [-0.2, 0) is 26.2 Å². The van der Waals surface area contributed by atoms with Gasteiger partial charge in [0.2, 0.25) is 10.0 Å². The SMILES string of the molecule is Cc1cc(C)c(S(=O)(=O)N2CCC(C(=O)OCc3cc(=O)oc4c(C)c(O)ccc34)CC2)c(C)c1. The van der Waals surface area contributed by atoms with E-state index in [4.69, 9.17) is 9.15 Å². The molecule has 186 valence electrons. The maximum absolute atomic E-state index is 13.3. The Kier molecular flexibility index (Phi) is 6.75. The molecular formula is C26H29NO7S. The van der Waals surface area contributed by atoms with Gasteiger partial charge >= 0.3 is 11.6 Å². The highest BCUT2D eigenvalue weighted by Crippen LogP contribution is 2.30. The van der Waals surface area contributed by atoms with Gasteiger partial charge in [-0.1, -0.05) is 17.7 Å². The van der Waals surface area contributed by atoms with Gasteiger partial charge in [-0.3, -0.25) is 4.79 Å². The number of nitrogens with zero attached hydrogens (tertiary/aromatic N) is 1. The Bertz CT molecular complexity index is 1440. The predicted molar refractivity (Wildman–Crippen MR) is 131 cm³/mol. The van der Waals surface area contributed by atoms with Gasteiger partial charge in [0.25, 0.3) is 0 Å². The highest BCUT2D eigenvalue weighted by Gasteiger charge is 2.34. The molecule has 2 heterocycles. The normalized spacial score (nSPS) is 15.4. The summed E-state index contributed by atoms with van der Waals surface area (Å²) in [5, 5.41) is 10.5. The summed E-state index contributed by atoms with van der Waals surface area (Å²) in [6.45, 7) is 7.50. The Morgan fingerprint density at radius 2 is 1.71 bits per heavy atom. The van der Waals surface area contributed by atoms with Crippen molar-refractivity contribution in [1.29, 1.82) is 0 Å². The van der Waals surface area contributed by atoms with E-state index in [0.717, 1.165) is 5.56 Å². The van der Waals surface area contributed by atoms with E-state index < -0.39 is 27.5 Å². The van der Waals surface area contributed by atoms with Crippen LogP contribution in [0.25, 0.3) is 11.0 Å². The first-order valence-corrected chi connectivity index (χ1v) is 12.9. The first-order chi connectivity index (χ1) is 16.5. The lowest BCUT2D eigenvalue weighted by Crippen LogP contribution is -2.41. The van der Waals surface area contributed by atoms with Gasteiger partial charge in [-0.05, 0) is 63.8 Å². The maximum Gasteiger partial charge on any atom is 0.336 e. The Morgan fingerprint density at radius 3 is 2.34 bits per heavy atom. The largest absolute Gasteiger partial charge is 0.508 e. The van der Waals surface area contributed by atoms with Crippen LogP contribution < -0.4 is 5.63 Å². The standard InChI is InChI=1S/C26H29NO7S/c1-15-11-16(2)25(17(3)12-15)35(31,32)27-9-7-19(8-10-27)26(30)33-14-20-13-23(29)34-24-18(4)22(28)6-5-21(20)24/h5-6,11-13,19,28H,7-10,14H2,1-4H3. The number of rotatable bonds is 5. The van der Waals surface area contributed by atoms with Gasteiger partial charge in [-0.25, -0.2) is 13.2 Å². The lowest BCUT2D eigenvalue weighted by molar-refractivity contribution is -0.151. The van der Waals surface area contributed by atoms with Crippen molar-refractivity contribution in [3.8, 4) is 5.75 Å². The molecule has 8 nitrogen and oxygen atoms in total. The second kappa shape index (κ2) is 9.47. The Balaban J connectivity index is 1.44. The van der Waals surface area contributed by atoms with Crippen LogP contribution in [0.1, 0.15) is 40.7 Å². The topological polar surface area (TPSA) is 114 Å². The summed E-state index contributed by atoms with van der Waals surface area (Å²) in [5.41, 5.74) is 3.01. The smallest absolute Gasteiger partial charge is 0.336 e. The number of aromatic hydroxyl groups is 1. The van der Waals surface area contributed by atoms with Crippen LogP contribution in [-0.4, -0.2) is 36.9 Å². The van der Waals surface area contributed by atoms with Crippen molar-refractivity contribution in [2.24, 2.45) is 5.92 Å². The molecule has 0 aliphatic carbocycles. The van der Waals surface area contributed by atoms with Gasteiger partial charge in [0.1, 0.15) is 17.9 Å². The number of benzene rings is 2. The quantitative estimate of drug-likeness (QED) is 0.419. The van der Waals surface area contributed by atoms with Crippen LogP contribution in [0, 0.1) is 33.6 Å². The van der Waals surface area contributed by atoms with E-state index in [0.29, 0.717) is 45.4 Å². The average Bonchev–Trinajstić information content (AvgIpc) is 2.79. The molecule has 0 saturated carbocycles. The minimum atomic E-state index is -3.67. The summed E-state index contributed by atoms with van der Waals surface area (Å²) < 4.78 is 38.7. The zero-order valence-corrected chi connectivity index (χ0v) is 21.1. The van der Waals surface area contributed by atoms with Gasteiger partial charge in [0.15, 0.2) is 0 Å². The van der Waals surface area contributed by atoms with Crippen molar-refractivity contribution in [3.63, 3.8) is 0 Å². The summed E-state index contributed by atoms with van der Waals surface area (Å²) >= 11 is 0. The van der Waals surface area contributed by atoms with Crippen molar-refractivity contribution in [1.82, 2.24) is 4.31 Å². The minimum Gasteiger partial charge on any atom is -0.508 e. The fourth-order valence-corrected chi connectivity index (χ4v) is 6.72. The molecule has 1 saturated heterocycles. The van der Waals surface area contributed by atoms with E-state index >= 15 is 0 Å². The molecule has 1 fully saturated rings. The fraction of sp³-hybridized carbons (Fsp3) is 0.385. The summed E-state index contributed by atoms with van der Waals surface area (Å²) in [4.78, 5) is 25.1. The molecule has 4 rings (SSSR count). The summed E-state index contributed by atoms with van der Waals surface area (Å²) in [5.74, 6) is -0.854. The summed E-state index contributed by atoms with van der Waals surface area (Å²) in [6.07, 6.45) is 0.708. The molecule has 35 heavy (non-hydrogen) atoms. The zero-order valence-electron chi connectivity index (χ0n) is 20.3. The monoisotopic (exact) mass is 499 g/mol. The van der Waals surface area contributed by atoms with Crippen LogP contribution in [0.3, 0.4) is 0 Å². The van der Waals surface area contributed by atoms with E-state index in [1.54, 1.807) is 26.8 Å². The van der Waals surface area contributed by atoms with Gasteiger partial charge in [0.05, 0.1) is 10.8 Å². The van der Waals surface area contributed by atoms with Crippen molar-refractivity contribution in [2.75, 3.05) is 13.1 Å². The summed E-state index contributed by atoms with van der Waals surface area (Å²) in [7, 11) is -3.67. The third kappa shape index (κ3) is 4.83. The van der Waals surface area contributed by atoms with E-state index in [1.807, 2.05) is 19.1 Å². The molecule has 3 aromatic rings. The third-order valence-corrected chi connectivity index (χ3v) is 8.78. The number of aryl methyl sites for hydroxylation is 4. The second-order valence-electron chi connectivity index (χ2n) is 9.19. The highest BCUT2D eigenvalue weighted by atomic mass is 32.2. The number of carbonyl (C=O) groups excluding carboxylic acids is 1. The molecule has 0 spiro atoms. The number of hydrogen-bond acceptors (Lipinski definition) is 7. The molecule has 1 aliphatic rings. The fourth-order valence-electron chi connectivity index (χ4n) is 4.84. The molecule has 0 amide bonds.